The molecule has 0 aliphatic carbocycles. The first-order valence-electron chi connectivity index (χ1n) is 9.40. The van der Waals surface area contributed by atoms with Gasteiger partial charge in [0.25, 0.3) is 0 Å². The molecule has 132 valence electrons. The molecule has 1 aromatic rings. The minimum Gasteiger partial charge on any atom is -0.345 e. The Morgan fingerprint density at radius 3 is 2.33 bits per heavy atom. The fraction of sp³-hybridized carbons (Fsp3) is 0.667. The van der Waals surface area contributed by atoms with Gasteiger partial charge in [0.15, 0.2) is 0 Å². The lowest BCUT2D eigenvalue weighted by atomic mass is 9.83. The molecule has 0 radical (unpaired) electrons. The zero-order valence-corrected chi connectivity index (χ0v) is 15.6. The third-order valence-corrected chi connectivity index (χ3v) is 5.93. The van der Waals surface area contributed by atoms with Crippen molar-refractivity contribution in [3.8, 4) is 0 Å². The quantitative estimate of drug-likeness (QED) is 0.895. The second kappa shape index (κ2) is 6.87. The lowest BCUT2D eigenvalue weighted by Crippen LogP contribution is -2.42. The Kier molecular flexibility index (Phi) is 5.00. The van der Waals surface area contributed by atoms with Crippen LogP contribution in [-0.4, -0.2) is 36.5 Å². The lowest BCUT2D eigenvalue weighted by molar-refractivity contribution is -0.131. The van der Waals surface area contributed by atoms with Crippen molar-refractivity contribution in [2.45, 2.75) is 70.4 Å². The predicted molar refractivity (Wildman–Crippen MR) is 99.1 cm³/mol. The summed E-state index contributed by atoms with van der Waals surface area (Å²) >= 11 is 0. The van der Waals surface area contributed by atoms with E-state index >= 15 is 0 Å². The molecule has 2 atom stereocenters. The van der Waals surface area contributed by atoms with Crippen molar-refractivity contribution in [2.24, 2.45) is 5.92 Å². The van der Waals surface area contributed by atoms with Gasteiger partial charge in [-0.25, -0.2) is 0 Å². The van der Waals surface area contributed by atoms with Gasteiger partial charge in [-0.05, 0) is 44.1 Å². The van der Waals surface area contributed by atoms with E-state index in [-0.39, 0.29) is 5.41 Å². The zero-order valence-electron chi connectivity index (χ0n) is 15.6. The average Bonchev–Trinajstić information content (AvgIpc) is 2.86. The summed E-state index contributed by atoms with van der Waals surface area (Å²) < 4.78 is 0. The molecule has 1 N–H and O–H groups in total. The maximum atomic E-state index is 12.7. The summed E-state index contributed by atoms with van der Waals surface area (Å²) in [5.41, 5.74) is 2.55. The Labute approximate surface area is 146 Å². The molecule has 1 amide bonds. The van der Waals surface area contributed by atoms with Crippen molar-refractivity contribution in [1.29, 1.82) is 0 Å². The van der Waals surface area contributed by atoms with Crippen LogP contribution in [-0.2, 0) is 10.2 Å². The van der Waals surface area contributed by atoms with E-state index < -0.39 is 0 Å². The maximum Gasteiger partial charge on any atom is 0.222 e. The topological polar surface area (TPSA) is 32.3 Å². The Morgan fingerprint density at radius 2 is 1.75 bits per heavy atom. The summed E-state index contributed by atoms with van der Waals surface area (Å²) in [6.45, 7) is 7.34. The van der Waals surface area contributed by atoms with E-state index in [1.807, 2.05) is 11.9 Å². The number of carbonyl (C=O) groups is 1. The number of hydrogen-bond acceptors (Lipinski definition) is 2. The summed E-state index contributed by atoms with van der Waals surface area (Å²) in [7, 11) is 1.97. The minimum atomic E-state index is -0.0226. The first kappa shape index (κ1) is 17.5. The standard InChI is InChI=1S/C21H32N2O/c1-15-5-7-17(8-6-15)21(2,3)14-23(4)20(24)13-16-11-18-9-10-19(12-16)22-18/h5-8,16,18-19,22H,9-14H2,1-4H3. The third-order valence-electron chi connectivity index (χ3n) is 5.93. The molecule has 3 heteroatoms. The van der Waals surface area contributed by atoms with Crippen LogP contribution in [0.15, 0.2) is 24.3 Å². The zero-order chi connectivity index (χ0) is 17.3. The molecule has 0 saturated carbocycles. The first-order valence-corrected chi connectivity index (χ1v) is 9.40. The van der Waals surface area contributed by atoms with Crippen molar-refractivity contribution in [3.05, 3.63) is 35.4 Å². The van der Waals surface area contributed by atoms with Crippen LogP contribution in [0.1, 0.15) is 57.1 Å². The molecule has 3 rings (SSSR count). The predicted octanol–water partition coefficient (Wildman–Crippen LogP) is 3.65. The number of nitrogens with zero attached hydrogens (tertiary/aromatic N) is 1. The Balaban J connectivity index is 1.56. The summed E-state index contributed by atoms with van der Waals surface area (Å²) in [5.74, 6) is 0.877. The van der Waals surface area contributed by atoms with E-state index in [1.54, 1.807) is 0 Å². The summed E-state index contributed by atoms with van der Waals surface area (Å²) in [6.07, 6.45) is 5.67. The number of rotatable bonds is 5. The average molecular weight is 329 g/mol. The van der Waals surface area contributed by atoms with E-state index in [0.717, 1.165) is 13.0 Å². The van der Waals surface area contributed by atoms with Gasteiger partial charge in [-0.15, -0.1) is 0 Å². The van der Waals surface area contributed by atoms with Gasteiger partial charge in [0.1, 0.15) is 0 Å². The van der Waals surface area contributed by atoms with Gasteiger partial charge in [0.05, 0.1) is 0 Å². The van der Waals surface area contributed by atoms with Gasteiger partial charge in [0, 0.05) is 37.5 Å². The molecule has 0 spiro atoms. The minimum absolute atomic E-state index is 0.0226. The smallest absolute Gasteiger partial charge is 0.222 e. The van der Waals surface area contributed by atoms with E-state index in [9.17, 15) is 4.79 Å². The molecular formula is C21H32N2O. The second-order valence-electron chi connectivity index (χ2n) is 8.68. The monoisotopic (exact) mass is 328 g/mol. The van der Waals surface area contributed by atoms with E-state index in [0.29, 0.717) is 23.9 Å². The van der Waals surface area contributed by atoms with Gasteiger partial charge in [-0.2, -0.15) is 0 Å². The van der Waals surface area contributed by atoms with Crippen LogP contribution in [0.25, 0.3) is 0 Å². The van der Waals surface area contributed by atoms with E-state index in [2.05, 4.69) is 50.4 Å². The van der Waals surface area contributed by atoms with Gasteiger partial charge >= 0.3 is 0 Å². The van der Waals surface area contributed by atoms with Gasteiger partial charge in [-0.1, -0.05) is 43.7 Å². The Morgan fingerprint density at radius 1 is 1.17 bits per heavy atom. The highest BCUT2D eigenvalue weighted by Gasteiger charge is 2.35. The molecule has 0 aromatic heterocycles. The number of piperidine rings is 1. The van der Waals surface area contributed by atoms with Gasteiger partial charge < -0.3 is 10.2 Å². The van der Waals surface area contributed by atoms with Crippen LogP contribution in [0.3, 0.4) is 0 Å². The summed E-state index contributed by atoms with van der Waals surface area (Å²) in [4.78, 5) is 14.7. The van der Waals surface area contributed by atoms with Gasteiger partial charge in [-0.3, -0.25) is 4.79 Å². The van der Waals surface area contributed by atoms with Crippen LogP contribution >= 0.6 is 0 Å². The SMILES string of the molecule is Cc1ccc(C(C)(C)CN(C)C(=O)CC2CC3CCC(C2)N3)cc1. The number of amides is 1. The number of likely N-dealkylation sites (N-methyl/N-ethyl adjacent to an activating group) is 1. The molecular weight excluding hydrogens is 296 g/mol. The van der Waals surface area contributed by atoms with Crippen molar-refractivity contribution >= 4 is 5.91 Å². The highest BCUT2D eigenvalue weighted by Crippen LogP contribution is 2.33. The molecule has 3 nitrogen and oxygen atoms in total. The van der Waals surface area contributed by atoms with Crippen LogP contribution in [0.5, 0.6) is 0 Å². The van der Waals surface area contributed by atoms with Crippen molar-refractivity contribution in [3.63, 3.8) is 0 Å². The second-order valence-corrected chi connectivity index (χ2v) is 8.68. The lowest BCUT2D eigenvalue weighted by Gasteiger charge is -2.33. The van der Waals surface area contributed by atoms with Crippen LogP contribution in [0.2, 0.25) is 0 Å². The highest BCUT2D eigenvalue weighted by molar-refractivity contribution is 5.76. The normalized spacial score (nSPS) is 26.4. The molecule has 2 fully saturated rings. The Bertz CT molecular complexity index is 566. The Hall–Kier alpha value is -1.35. The number of aryl methyl sites for hydroxylation is 1. The third kappa shape index (κ3) is 4.00. The summed E-state index contributed by atoms with van der Waals surface area (Å²) in [5, 5.41) is 3.66. The van der Waals surface area contributed by atoms with E-state index in [4.69, 9.17) is 0 Å². The molecule has 2 aliphatic heterocycles. The molecule has 2 unspecified atom stereocenters. The molecule has 2 aliphatic rings. The maximum absolute atomic E-state index is 12.7. The van der Waals surface area contributed by atoms with E-state index in [1.165, 1.54) is 36.8 Å². The fourth-order valence-corrected chi connectivity index (χ4v) is 4.52. The molecule has 1 aromatic carbocycles. The molecule has 2 heterocycles. The largest absolute Gasteiger partial charge is 0.345 e. The van der Waals surface area contributed by atoms with Crippen LogP contribution in [0.4, 0.5) is 0 Å². The van der Waals surface area contributed by atoms with Crippen molar-refractivity contribution in [2.75, 3.05) is 13.6 Å². The van der Waals surface area contributed by atoms with Gasteiger partial charge in [0.2, 0.25) is 5.91 Å². The number of hydrogen-bond donors (Lipinski definition) is 1. The molecule has 2 saturated heterocycles. The summed E-state index contributed by atoms with van der Waals surface area (Å²) in [6, 6.07) is 10.0. The number of benzene rings is 1. The molecule has 2 bridgehead atoms. The first-order chi connectivity index (χ1) is 11.3. The number of nitrogens with one attached hydrogen (secondary N) is 1. The van der Waals surface area contributed by atoms with Crippen molar-refractivity contribution < 1.29 is 4.79 Å². The fourth-order valence-electron chi connectivity index (χ4n) is 4.52. The van der Waals surface area contributed by atoms with Crippen LogP contribution in [0, 0.1) is 12.8 Å². The number of fused-ring (bicyclic) bond motifs is 2. The number of carbonyl (C=O) groups excluding carboxylic acids is 1. The van der Waals surface area contributed by atoms with Crippen molar-refractivity contribution in [1.82, 2.24) is 10.2 Å². The van der Waals surface area contributed by atoms with Crippen LogP contribution < -0.4 is 5.32 Å². The highest BCUT2D eigenvalue weighted by atomic mass is 16.2. The molecule has 24 heavy (non-hydrogen) atoms.